The van der Waals surface area contributed by atoms with Crippen LogP contribution in [0.5, 0.6) is 0 Å². The van der Waals surface area contributed by atoms with Gasteiger partial charge in [0.25, 0.3) is 0 Å². The van der Waals surface area contributed by atoms with Crippen molar-refractivity contribution in [3.63, 3.8) is 0 Å². The van der Waals surface area contributed by atoms with E-state index in [2.05, 4.69) is 0 Å². The SMILES string of the molecule is CN(C)c1ccc(C(=O)c2ccc(C=S)cc2)cc1. The molecule has 2 aromatic carbocycles. The molecule has 2 aromatic rings. The first-order valence-electron chi connectivity index (χ1n) is 5.99. The lowest BCUT2D eigenvalue weighted by molar-refractivity contribution is 0.103. The maximum atomic E-state index is 12.3. The van der Waals surface area contributed by atoms with Crippen molar-refractivity contribution in [2.45, 2.75) is 0 Å². The summed E-state index contributed by atoms with van der Waals surface area (Å²) in [6.45, 7) is 0. The number of hydrogen-bond acceptors (Lipinski definition) is 3. The van der Waals surface area contributed by atoms with Crippen molar-refractivity contribution in [3.8, 4) is 0 Å². The number of rotatable bonds is 4. The molecule has 0 bridgehead atoms. The van der Waals surface area contributed by atoms with Crippen LogP contribution in [0.15, 0.2) is 48.5 Å². The number of hydrogen-bond donors (Lipinski definition) is 0. The van der Waals surface area contributed by atoms with E-state index in [4.69, 9.17) is 12.2 Å². The molecule has 0 heterocycles. The smallest absolute Gasteiger partial charge is 0.193 e. The third-order valence-corrected chi connectivity index (χ3v) is 3.23. The number of benzene rings is 2. The van der Waals surface area contributed by atoms with Crippen LogP contribution in [0.2, 0.25) is 0 Å². The monoisotopic (exact) mass is 269 g/mol. The molecule has 0 aromatic heterocycles. The fraction of sp³-hybridized carbons (Fsp3) is 0.125. The zero-order valence-electron chi connectivity index (χ0n) is 11.0. The molecule has 3 heteroatoms. The van der Waals surface area contributed by atoms with Crippen LogP contribution in [0.4, 0.5) is 5.69 Å². The zero-order chi connectivity index (χ0) is 13.8. The first-order valence-corrected chi connectivity index (χ1v) is 6.46. The molecule has 96 valence electrons. The Morgan fingerprint density at radius 2 is 1.42 bits per heavy atom. The van der Waals surface area contributed by atoms with Crippen molar-refractivity contribution < 1.29 is 4.79 Å². The first-order chi connectivity index (χ1) is 9.11. The van der Waals surface area contributed by atoms with E-state index in [1.807, 2.05) is 55.4 Å². The van der Waals surface area contributed by atoms with Gasteiger partial charge in [0, 0.05) is 36.3 Å². The normalized spacial score (nSPS) is 10.0. The summed E-state index contributed by atoms with van der Waals surface area (Å²) in [5, 5.41) is 1.60. The molecular weight excluding hydrogens is 254 g/mol. The third-order valence-electron chi connectivity index (χ3n) is 2.95. The van der Waals surface area contributed by atoms with Gasteiger partial charge in [-0.05, 0) is 29.8 Å². The van der Waals surface area contributed by atoms with Crippen LogP contribution in [0.25, 0.3) is 0 Å². The average molecular weight is 269 g/mol. The van der Waals surface area contributed by atoms with E-state index in [0.717, 1.165) is 11.3 Å². The molecule has 0 aliphatic rings. The van der Waals surface area contributed by atoms with Gasteiger partial charge in [-0.2, -0.15) is 0 Å². The fourth-order valence-corrected chi connectivity index (χ4v) is 1.95. The largest absolute Gasteiger partial charge is 0.378 e. The van der Waals surface area contributed by atoms with Crippen LogP contribution in [-0.2, 0) is 0 Å². The van der Waals surface area contributed by atoms with Crippen molar-refractivity contribution >= 4 is 29.1 Å². The summed E-state index contributed by atoms with van der Waals surface area (Å²) in [5.41, 5.74) is 3.39. The van der Waals surface area contributed by atoms with Crippen molar-refractivity contribution in [1.29, 1.82) is 0 Å². The molecule has 0 radical (unpaired) electrons. The highest BCUT2D eigenvalue weighted by molar-refractivity contribution is 7.79. The number of carbonyl (C=O) groups excluding carboxylic acids is 1. The Labute approximate surface area is 118 Å². The molecule has 2 rings (SSSR count). The predicted molar refractivity (Wildman–Crippen MR) is 83.4 cm³/mol. The molecule has 0 fully saturated rings. The van der Waals surface area contributed by atoms with Crippen LogP contribution in [0.1, 0.15) is 21.5 Å². The third kappa shape index (κ3) is 3.06. The molecule has 2 nitrogen and oxygen atoms in total. The second-order valence-electron chi connectivity index (χ2n) is 4.51. The van der Waals surface area contributed by atoms with Crippen LogP contribution in [0.3, 0.4) is 0 Å². The zero-order valence-corrected chi connectivity index (χ0v) is 11.8. The summed E-state index contributed by atoms with van der Waals surface area (Å²) in [5.74, 6) is 0.0289. The van der Waals surface area contributed by atoms with Gasteiger partial charge in [-0.15, -0.1) is 0 Å². The van der Waals surface area contributed by atoms with E-state index in [9.17, 15) is 4.79 Å². The molecule has 0 N–H and O–H groups in total. The summed E-state index contributed by atoms with van der Waals surface area (Å²) in [4.78, 5) is 14.3. The maximum absolute atomic E-state index is 12.3. The molecule has 19 heavy (non-hydrogen) atoms. The minimum absolute atomic E-state index is 0.0289. The Balaban J connectivity index is 2.25. The molecule has 0 spiro atoms. The van der Waals surface area contributed by atoms with E-state index in [-0.39, 0.29) is 5.78 Å². The molecular formula is C16H15NOS. The lowest BCUT2D eigenvalue weighted by Gasteiger charge is -2.12. The average Bonchev–Trinajstić information content (AvgIpc) is 2.46. The molecule has 0 saturated heterocycles. The van der Waals surface area contributed by atoms with E-state index in [1.165, 1.54) is 0 Å². The lowest BCUT2D eigenvalue weighted by Crippen LogP contribution is -2.09. The second kappa shape index (κ2) is 5.76. The van der Waals surface area contributed by atoms with Crippen LogP contribution in [0, 0.1) is 0 Å². The Hall–Kier alpha value is -2.00. The number of carbonyl (C=O) groups is 1. The van der Waals surface area contributed by atoms with Gasteiger partial charge in [0.15, 0.2) is 5.78 Å². The summed E-state index contributed by atoms with van der Waals surface area (Å²) in [6, 6.07) is 14.9. The number of thiocarbonyl (C=S) groups is 1. The lowest BCUT2D eigenvalue weighted by atomic mass is 10.0. The van der Waals surface area contributed by atoms with Crippen LogP contribution in [-0.4, -0.2) is 25.2 Å². The highest BCUT2D eigenvalue weighted by Crippen LogP contribution is 2.15. The number of anilines is 1. The van der Waals surface area contributed by atoms with Crippen LogP contribution < -0.4 is 4.90 Å². The van der Waals surface area contributed by atoms with E-state index < -0.39 is 0 Å². The van der Waals surface area contributed by atoms with Crippen molar-refractivity contribution in [2.75, 3.05) is 19.0 Å². The highest BCUT2D eigenvalue weighted by atomic mass is 32.1. The van der Waals surface area contributed by atoms with E-state index in [0.29, 0.717) is 11.1 Å². The van der Waals surface area contributed by atoms with Gasteiger partial charge in [-0.3, -0.25) is 4.79 Å². The van der Waals surface area contributed by atoms with Crippen molar-refractivity contribution in [3.05, 3.63) is 65.2 Å². The number of ketones is 1. The molecule has 0 amide bonds. The standard InChI is InChI=1S/C16H15NOS/c1-17(2)15-9-7-14(8-10-15)16(18)13-5-3-12(11-19)4-6-13/h3-11H,1-2H3. The summed E-state index contributed by atoms with van der Waals surface area (Å²) < 4.78 is 0. The quantitative estimate of drug-likeness (QED) is 0.627. The summed E-state index contributed by atoms with van der Waals surface area (Å²) >= 11 is 4.85. The number of nitrogens with zero attached hydrogens (tertiary/aromatic N) is 1. The van der Waals surface area contributed by atoms with Crippen molar-refractivity contribution in [2.24, 2.45) is 0 Å². The Kier molecular flexibility index (Phi) is 4.07. The molecule has 0 aliphatic heterocycles. The van der Waals surface area contributed by atoms with Gasteiger partial charge in [0.1, 0.15) is 0 Å². The maximum Gasteiger partial charge on any atom is 0.193 e. The Bertz CT molecular complexity index is 585. The van der Waals surface area contributed by atoms with Gasteiger partial charge < -0.3 is 4.90 Å². The summed E-state index contributed by atoms with van der Waals surface area (Å²) in [6.07, 6.45) is 0. The van der Waals surface area contributed by atoms with Gasteiger partial charge >= 0.3 is 0 Å². The Morgan fingerprint density at radius 3 is 1.84 bits per heavy atom. The van der Waals surface area contributed by atoms with Gasteiger partial charge in [0.2, 0.25) is 0 Å². The minimum Gasteiger partial charge on any atom is -0.378 e. The fourth-order valence-electron chi connectivity index (χ4n) is 1.79. The van der Waals surface area contributed by atoms with Crippen molar-refractivity contribution in [1.82, 2.24) is 0 Å². The predicted octanol–water partition coefficient (Wildman–Crippen LogP) is 3.33. The van der Waals surface area contributed by atoms with Gasteiger partial charge in [0.05, 0.1) is 0 Å². The molecule has 0 saturated carbocycles. The van der Waals surface area contributed by atoms with E-state index >= 15 is 0 Å². The van der Waals surface area contributed by atoms with Gasteiger partial charge in [-0.1, -0.05) is 36.5 Å². The summed E-state index contributed by atoms with van der Waals surface area (Å²) in [7, 11) is 3.95. The first kappa shape index (κ1) is 13.4. The second-order valence-corrected chi connectivity index (χ2v) is 4.75. The molecule has 0 unspecified atom stereocenters. The highest BCUT2D eigenvalue weighted by Gasteiger charge is 2.08. The van der Waals surface area contributed by atoms with E-state index in [1.54, 1.807) is 17.5 Å². The molecule has 0 atom stereocenters. The topological polar surface area (TPSA) is 20.3 Å². The minimum atomic E-state index is 0.0289. The molecule has 0 aliphatic carbocycles. The van der Waals surface area contributed by atoms with Gasteiger partial charge in [-0.25, -0.2) is 0 Å². The Morgan fingerprint density at radius 1 is 0.947 bits per heavy atom. The van der Waals surface area contributed by atoms with Crippen LogP contribution >= 0.6 is 12.2 Å².